The minimum absolute atomic E-state index is 0.00956. The summed E-state index contributed by atoms with van der Waals surface area (Å²) in [4.78, 5) is 49.4. The Morgan fingerprint density at radius 1 is 0.467 bits per heavy atom. The van der Waals surface area contributed by atoms with Crippen molar-refractivity contribution in [2.24, 2.45) is 45.8 Å². The first-order valence-corrected chi connectivity index (χ1v) is 31.6. The third-order valence-corrected chi connectivity index (χ3v) is 21.4. The fraction of sp³-hybridized carbons (Fsp3) is 0.938. The predicted octanol–water partition coefficient (Wildman–Crippen LogP) is 16.5. The van der Waals surface area contributed by atoms with Crippen molar-refractivity contribution in [2.45, 2.75) is 342 Å². The van der Waals surface area contributed by atoms with E-state index in [1.165, 1.54) is 116 Å². The van der Waals surface area contributed by atoms with E-state index in [0.29, 0.717) is 48.1 Å². The van der Waals surface area contributed by atoms with Crippen LogP contribution in [0.15, 0.2) is 0 Å². The number of carbonyl (C=O) groups is 4. The van der Waals surface area contributed by atoms with E-state index in [-0.39, 0.29) is 57.4 Å². The van der Waals surface area contributed by atoms with E-state index in [0.717, 1.165) is 89.9 Å². The van der Waals surface area contributed by atoms with E-state index in [4.69, 9.17) is 28.4 Å². The van der Waals surface area contributed by atoms with Gasteiger partial charge in [-0.2, -0.15) is 0 Å². The maximum Gasteiger partial charge on any atom is 0.312 e. The molecular weight excluding hydrogens is 941 g/mol. The van der Waals surface area contributed by atoms with Crippen LogP contribution in [-0.2, 0) is 47.6 Å². The average Bonchev–Trinajstić information content (AvgIpc) is 4.28. The number of fused-ring (bicyclic) bond motifs is 4. The van der Waals surface area contributed by atoms with Crippen molar-refractivity contribution < 1.29 is 47.6 Å². The molecule has 432 valence electrons. The fourth-order valence-corrected chi connectivity index (χ4v) is 14.5. The van der Waals surface area contributed by atoms with Gasteiger partial charge >= 0.3 is 23.9 Å². The highest BCUT2D eigenvalue weighted by Crippen LogP contribution is 2.53. The molecule has 0 aromatic heterocycles. The van der Waals surface area contributed by atoms with Crippen LogP contribution in [0.1, 0.15) is 295 Å². The van der Waals surface area contributed by atoms with Gasteiger partial charge in [0.1, 0.15) is 22.4 Å². The molecule has 4 bridgehead atoms. The first kappa shape index (κ1) is 62.0. The summed E-state index contributed by atoms with van der Waals surface area (Å²) in [5.74, 6) is 2.11. The standard InChI is InChI=1S/C17H28O3.C17H30O2.C16H28O2.C15H26O3/c1-4-16(2,3)15(18)20-17(9-5-6-10-17)13-11-12-7-8-14(13)19-12;1-3-14(2)16(18)19-17(12-8-5-9-13-17)15-10-6-4-7-11-15;1-4-15(2,3)14(17)18-16(11-7-8-12-16)13-9-5-6-10-13;1-6-14(2,3)13(16)18-15(4,5)11-9-10-7-8-12(11)17-10/h12-14H,4-11H2,1-3H3;14-15H,3-13H2,1-2H3;13H,4-12H2,1-3H3;10-12H,6-9H2,1-5H3. The highest BCUT2D eigenvalue weighted by molar-refractivity contribution is 5.77. The molecule has 4 heterocycles. The van der Waals surface area contributed by atoms with E-state index < -0.39 is 11.0 Å². The molecule has 10 heteroatoms. The molecular formula is C65H112O10. The summed E-state index contributed by atoms with van der Waals surface area (Å²) in [5.41, 5.74) is -1.91. The SMILES string of the molecule is CCC(C)(C)C(=O)OC(C)(C)C1CC2CCC1O2.CCC(C)(C)C(=O)OC1(C2CC3CCC2O3)CCCC1.CCC(C)(C)C(=O)OC1(C2CCCC2)CCCC1.CCC(C)C(=O)OC1(C2CCCCC2)CCCCC1. The van der Waals surface area contributed by atoms with E-state index in [9.17, 15) is 19.2 Å². The number of rotatable bonds is 16. The van der Waals surface area contributed by atoms with Gasteiger partial charge in [0.05, 0.1) is 46.6 Å². The topological polar surface area (TPSA) is 124 Å². The summed E-state index contributed by atoms with van der Waals surface area (Å²) in [7, 11) is 0. The number of carbonyl (C=O) groups excluding carboxylic acids is 4. The Hall–Kier alpha value is -2.20. The lowest BCUT2D eigenvalue weighted by Crippen LogP contribution is -2.46. The van der Waals surface area contributed by atoms with Crippen LogP contribution in [0.3, 0.4) is 0 Å². The largest absolute Gasteiger partial charge is 0.459 e. The van der Waals surface area contributed by atoms with Crippen molar-refractivity contribution in [3.63, 3.8) is 0 Å². The van der Waals surface area contributed by atoms with Gasteiger partial charge in [-0.3, -0.25) is 19.2 Å². The predicted molar refractivity (Wildman–Crippen MR) is 299 cm³/mol. The Bertz CT molecular complexity index is 1820. The van der Waals surface area contributed by atoms with Gasteiger partial charge in [-0.05, 0) is 234 Å². The van der Waals surface area contributed by atoms with Crippen LogP contribution >= 0.6 is 0 Å². The molecule has 0 spiro atoms. The van der Waals surface area contributed by atoms with E-state index in [2.05, 4.69) is 20.8 Å². The van der Waals surface area contributed by atoms with Crippen LogP contribution in [-0.4, -0.2) is 70.7 Å². The van der Waals surface area contributed by atoms with Crippen LogP contribution in [0.4, 0.5) is 0 Å². The maximum atomic E-state index is 12.6. The molecule has 7 unspecified atom stereocenters. The lowest BCUT2D eigenvalue weighted by atomic mass is 9.69. The molecule has 10 nitrogen and oxygen atoms in total. The Labute approximate surface area is 457 Å². The van der Waals surface area contributed by atoms with Gasteiger partial charge in [0.2, 0.25) is 0 Å². The molecule has 9 aliphatic rings. The molecule has 0 radical (unpaired) electrons. The second-order valence-electron chi connectivity index (χ2n) is 28.1. The quantitative estimate of drug-likeness (QED) is 0.109. The minimum Gasteiger partial charge on any atom is -0.459 e. The highest BCUT2D eigenvalue weighted by atomic mass is 16.6. The Kier molecular flexibility index (Phi) is 21.8. The normalized spacial score (nSPS) is 29.5. The van der Waals surface area contributed by atoms with E-state index >= 15 is 0 Å². The van der Waals surface area contributed by atoms with Crippen LogP contribution in [0.25, 0.3) is 0 Å². The average molecular weight is 1050 g/mol. The van der Waals surface area contributed by atoms with Gasteiger partial charge in [-0.1, -0.05) is 73.1 Å². The van der Waals surface area contributed by atoms with Crippen LogP contribution in [0.2, 0.25) is 0 Å². The number of ether oxygens (including phenoxy) is 6. The van der Waals surface area contributed by atoms with Gasteiger partial charge in [-0.25, -0.2) is 0 Å². The number of hydrogen-bond donors (Lipinski definition) is 0. The monoisotopic (exact) mass is 1050 g/mol. The summed E-state index contributed by atoms with van der Waals surface area (Å²) < 4.78 is 36.1. The Balaban J connectivity index is 0.000000163. The van der Waals surface area contributed by atoms with E-state index in [1.807, 2.05) is 69.2 Å². The van der Waals surface area contributed by atoms with Gasteiger partial charge in [-0.15, -0.1) is 0 Å². The minimum atomic E-state index is -0.413. The third-order valence-electron chi connectivity index (χ3n) is 21.4. The summed E-state index contributed by atoms with van der Waals surface area (Å²) in [5, 5.41) is 0. The van der Waals surface area contributed by atoms with E-state index in [1.54, 1.807) is 0 Å². The first-order chi connectivity index (χ1) is 35.4. The van der Waals surface area contributed by atoms with Gasteiger partial charge in [0.15, 0.2) is 0 Å². The molecule has 4 aliphatic heterocycles. The van der Waals surface area contributed by atoms with Crippen LogP contribution < -0.4 is 0 Å². The molecule has 9 rings (SSSR count). The van der Waals surface area contributed by atoms with Crippen molar-refractivity contribution in [3.8, 4) is 0 Å². The van der Waals surface area contributed by atoms with Crippen molar-refractivity contribution in [1.82, 2.24) is 0 Å². The molecule has 5 aliphatic carbocycles. The zero-order valence-corrected chi connectivity index (χ0v) is 50.4. The molecule has 75 heavy (non-hydrogen) atoms. The lowest BCUT2D eigenvalue weighted by molar-refractivity contribution is -0.179. The van der Waals surface area contributed by atoms with Crippen molar-refractivity contribution in [3.05, 3.63) is 0 Å². The second kappa shape index (κ2) is 26.4. The third kappa shape index (κ3) is 15.2. The summed E-state index contributed by atoms with van der Waals surface area (Å²) in [6.45, 7) is 26.2. The molecule has 0 amide bonds. The zero-order valence-electron chi connectivity index (χ0n) is 50.4. The van der Waals surface area contributed by atoms with Gasteiger partial charge in [0, 0.05) is 11.8 Å². The maximum absolute atomic E-state index is 12.6. The molecule has 9 fully saturated rings. The van der Waals surface area contributed by atoms with Crippen molar-refractivity contribution in [1.29, 1.82) is 0 Å². The number of esters is 4. The second-order valence-corrected chi connectivity index (χ2v) is 28.1. The molecule has 4 saturated heterocycles. The van der Waals surface area contributed by atoms with Crippen molar-refractivity contribution in [2.75, 3.05) is 0 Å². The number of hydrogen-bond acceptors (Lipinski definition) is 10. The van der Waals surface area contributed by atoms with Crippen LogP contribution in [0.5, 0.6) is 0 Å². The molecule has 0 aromatic carbocycles. The Morgan fingerprint density at radius 2 is 0.853 bits per heavy atom. The van der Waals surface area contributed by atoms with Crippen molar-refractivity contribution >= 4 is 23.9 Å². The highest BCUT2D eigenvalue weighted by Gasteiger charge is 2.56. The smallest absolute Gasteiger partial charge is 0.312 e. The van der Waals surface area contributed by atoms with Gasteiger partial charge in [0.25, 0.3) is 0 Å². The molecule has 5 saturated carbocycles. The summed E-state index contributed by atoms with van der Waals surface area (Å²) in [6, 6.07) is 0. The molecule has 7 atom stereocenters. The van der Waals surface area contributed by atoms with Gasteiger partial charge < -0.3 is 28.4 Å². The first-order valence-electron chi connectivity index (χ1n) is 31.6. The Morgan fingerprint density at radius 3 is 1.27 bits per heavy atom. The molecule has 0 aromatic rings. The molecule has 0 N–H and O–H groups in total. The fourth-order valence-electron chi connectivity index (χ4n) is 14.5. The lowest BCUT2D eigenvalue weighted by Gasteiger charge is -2.45. The summed E-state index contributed by atoms with van der Waals surface area (Å²) >= 11 is 0. The summed E-state index contributed by atoms with van der Waals surface area (Å²) in [6.07, 6.45) is 38.5. The van der Waals surface area contributed by atoms with Crippen LogP contribution in [0, 0.1) is 45.8 Å². The zero-order chi connectivity index (χ0) is 54.9.